The van der Waals surface area contributed by atoms with Crippen molar-refractivity contribution in [3.05, 3.63) is 10.8 Å². The molecule has 116 valence electrons. The van der Waals surface area contributed by atoms with E-state index in [4.69, 9.17) is 16.3 Å². The molecule has 0 unspecified atom stereocenters. The van der Waals surface area contributed by atoms with Crippen molar-refractivity contribution < 1.29 is 9.53 Å². The van der Waals surface area contributed by atoms with Crippen LogP contribution in [-0.2, 0) is 9.53 Å². The van der Waals surface area contributed by atoms with Gasteiger partial charge in [0.25, 0.3) is 0 Å². The fourth-order valence-corrected chi connectivity index (χ4v) is 2.42. The summed E-state index contributed by atoms with van der Waals surface area (Å²) in [6.45, 7) is 5.99. The van der Waals surface area contributed by atoms with Crippen LogP contribution in [0.3, 0.4) is 0 Å². The third-order valence-electron chi connectivity index (χ3n) is 3.30. The third-order valence-corrected chi connectivity index (χ3v) is 3.65. The van der Waals surface area contributed by atoms with E-state index >= 15 is 0 Å². The van der Waals surface area contributed by atoms with E-state index in [1.54, 1.807) is 6.92 Å². The van der Waals surface area contributed by atoms with Gasteiger partial charge in [-0.15, -0.1) is 10.2 Å². The van der Waals surface area contributed by atoms with Gasteiger partial charge in [0, 0.05) is 12.6 Å². The van der Waals surface area contributed by atoms with Gasteiger partial charge in [-0.1, -0.05) is 11.6 Å². The maximum atomic E-state index is 11.5. The molecule has 0 bridgehead atoms. The quantitative estimate of drug-likeness (QED) is 0.820. The number of ether oxygens (including phenoxy) is 1. The predicted molar refractivity (Wildman–Crippen MR) is 79.3 cm³/mol. The average Bonchev–Trinajstić information content (AvgIpc) is 2.43. The Morgan fingerprint density at radius 1 is 1.52 bits per heavy atom. The first kappa shape index (κ1) is 15.9. The molecule has 0 aromatic carbocycles. The number of nitrogens with zero attached hydrogens (tertiary/aromatic N) is 4. The Labute approximate surface area is 129 Å². The van der Waals surface area contributed by atoms with Gasteiger partial charge in [-0.05, 0) is 33.2 Å². The standard InChI is InChI=1S/C13H20ClN5O2/c1-3-21-11(20)8-19-6-4-5-10(7-19)16-13-15-9(2)12(14)17-18-13/h10H,3-8H2,1-2H3,(H,15,16,18)/t10-/m1/s1. The van der Waals surface area contributed by atoms with Crippen molar-refractivity contribution in [3.8, 4) is 0 Å². The van der Waals surface area contributed by atoms with E-state index in [2.05, 4.69) is 25.4 Å². The zero-order chi connectivity index (χ0) is 15.2. The highest BCUT2D eigenvalue weighted by atomic mass is 35.5. The number of anilines is 1. The minimum Gasteiger partial charge on any atom is -0.465 e. The molecule has 2 rings (SSSR count). The summed E-state index contributed by atoms with van der Waals surface area (Å²) in [4.78, 5) is 17.9. The van der Waals surface area contributed by atoms with Crippen LogP contribution in [0.15, 0.2) is 0 Å². The summed E-state index contributed by atoms with van der Waals surface area (Å²) >= 11 is 5.81. The number of rotatable bonds is 5. The normalized spacial score (nSPS) is 19.3. The molecule has 8 heteroatoms. The smallest absolute Gasteiger partial charge is 0.320 e. The lowest BCUT2D eigenvalue weighted by molar-refractivity contribution is -0.144. The van der Waals surface area contributed by atoms with E-state index in [1.807, 2.05) is 6.92 Å². The highest BCUT2D eigenvalue weighted by Crippen LogP contribution is 2.15. The minimum absolute atomic E-state index is 0.182. The number of esters is 1. The van der Waals surface area contributed by atoms with Crippen molar-refractivity contribution in [2.45, 2.75) is 32.7 Å². The maximum absolute atomic E-state index is 11.5. The highest BCUT2D eigenvalue weighted by Gasteiger charge is 2.22. The summed E-state index contributed by atoms with van der Waals surface area (Å²) in [5, 5.41) is 11.3. The number of piperidine rings is 1. The number of likely N-dealkylation sites (tertiary alicyclic amines) is 1. The molecule has 0 radical (unpaired) electrons. The van der Waals surface area contributed by atoms with Crippen molar-refractivity contribution in [1.82, 2.24) is 20.1 Å². The number of aromatic nitrogens is 3. The van der Waals surface area contributed by atoms with Crippen molar-refractivity contribution in [3.63, 3.8) is 0 Å². The Hall–Kier alpha value is -1.47. The fourth-order valence-electron chi connectivity index (χ4n) is 2.34. The van der Waals surface area contributed by atoms with E-state index in [1.165, 1.54) is 0 Å². The SMILES string of the molecule is CCOC(=O)CN1CCC[C@@H](Nc2nnc(Cl)c(C)n2)C1. The molecule has 0 saturated carbocycles. The second kappa shape index (κ2) is 7.51. The Kier molecular flexibility index (Phi) is 5.69. The lowest BCUT2D eigenvalue weighted by Crippen LogP contribution is -2.44. The van der Waals surface area contributed by atoms with Gasteiger partial charge in [-0.2, -0.15) is 0 Å². The topological polar surface area (TPSA) is 80.2 Å². The van der Waals surface area contributed by atoms with Gasteiger partial charge in [-0.25, -0.2) is 4.98 Å². The number of carbonyl (C=O) groups excluding carboxylic acids is 1. The van der Waals surface area contributed by atoms with E-state index in [0.717, 1.165) is 25.9 Å². The number of nitrogens with one attached hydrogen (secondary N) is 1. The van der Waals surface area contributed by atoms with Crippen molar-refractivity contribution >= 4 is 23.5 Å². The zero-order valence-electron chi connectivity index (χ0n) is 12.3. The van der Waals surface area contributed by atoms with Gasteiger partial charge in [-0.3, -0.25) is 9.69 Å². The molecule has 0 aliphatic carbocycles. The largest absolute Gasteiger partial charge is 0.465 e. The number of hydrogen-bond acceptors (Lipinski definition) is 7. The molecule has 2 heterocycles. The number of halogens is 1. The van der Waals surface area contributed by atoms with Crippen molar-refractivity contribution in [2.24, 2.45) is 0 Å². The van der Waals surface area contributed by atoms with Crippen LogP contribution in [0.25, 0.3) is 0 Å². The van der Waals surface area contributed by atoms with Crippen LogP contribution in [0.4, 0.5) is 5.95 Å². The van der Waals surface area contributed by atoms with Crippen molar-refractivity contribution in [1.29, 1.82) is 0 Å². The van der Waals surface area contributed by atoms with Gasteiger partial charge in [0.05, 0.1) is 18.8 Å². The average molecular weight is 314 g/mol. The molecule has 1 aromatic rings. The molecule has 1 aliphatic rings. The molecular formula is C13H20ClN5O2. The lowest BCUT2D eigenvalue weighted by atomic mass is 10.1. The van der Waals surface area contributed by atoms with Crippen LogP contribution in [0.2, 0.25) is 5.15 Å². The first-order chi connectivity index (χ1) is 10.1. The fraction of sp³-hybridized carbons (Fsp3) is 0.692. The number of hydrogen-bond donors (Lipinski definition) is 1. The molecule has 1 saturated heterocycles. The zero-order valence-corrected chi connectivity index (χ0v) is 13.1. The van der Waals surface area contributed by atoms with Crippen LogP contribution in [0, 0.1) is 6.92 Å². The van der Waals surface area contributed by atoms with E-state index in [-0.39, 0.29) is 12.0 Å². The Morgan fingerprint density at radius 2 is 2.33 bits per heavy atom. The van der Waals surface area contributed by atoms with E-state index in [9.17, 15) is 4.79 Å². The monoisotopic (exact) mass is 313 g/mol. The Morgan fingerprint density at radius 3 is 3.05 bits per heavy atom. The van der Waals surface area contributed by atoms with Crippen LogP contribution >= 0.6 is 11.6 Å². The van der Waals surface area contributed by atoms with Gasteiger partial charge >= 0.3 is 5.97 Å². The highest BCUT2D eigenvalue weighted by molar-refractivity contribution is 6.29. The summed E-state index contributed by atoms with van der Waals surface area (Å²) in [6, 6.07) is 0.190. The molecule has 0 amide bonds. The minimum atomic E-state index is -0.182. The molecule has 0 spiro atoms. The summed E-state index contributed by atoms with van der Waals surface area (Å²) in [7, 11) is 0. The molecule has 1 aromatic heterocycles. The molecule has 1 fully saturated rings. The maximum Gasteiger partial charge on any atom is 0.320 e. The molecule has 21 heavy (non-hydrogen) atoms. The first-order valence-electron chi connectivity index (χ1n) is 7.09. The summed E-state index contributed by atoms with van der Waals surface area (Å²) < 4.78 is 4.98. The van der Waals surface area contributed by atoms with Crippen LogP contribution in [0.5, 0.6) is 0 Å². The van der Waals surface area contributed by atoms with Crippen LogP contribution < -0.4 is 5.32 Å². The van der Waals surface area contributed by atoms with Gasteiger partial charge < -0.3 is 10.1 Å². The van der Waals surface area contributed by atoms with Crippen molar-refractivity contribution in [2.75, 3.05) is 31.6 Å². The van der Waals surface area contributed by atoms with E-state index < -0.39 is 0 Å². The second-order valence-corrected chi connectivity index (χ2v) is 5.39. The summed E-state index contributed by atoms with van der Waals surface area (Å²) in [6.07, 6.45) is 2.02. The molecule has 1 aliphatic heterocycles. The molecule has 7 nitrogen and oxygen atoms in total. The molecular weight excluding hydrogens is 294 g/mol. The van der Waals surface area contributed by atoms with Gasteiger partial charge in [0.2, 0.25) is 5.95 Å². The Balaban J connectivity index is 1.88. The third kappa shape index (κ3) is 4.78. The molecule has 1 N–H and O–H groups in total. The summed E-state index contributed by atoms with van der Waals surface area (Å²) in [5.74, 6) is 0.290. The van der Waals surface area contributed by atoms with Crippen LogP contribution in [0.1, 0.15) is 25.5 Å². The Bertz CT molecular complexity index is 499. The predicted octanol–water partition coefficient (Wildman–Crippen LogP) is 1.27. The first-order valence-corrected chi connectivity index (χ1v) is 7.47. The van der Waals surface area contributed by atoms with Gasteiger partial charge in [0.15, 0.2) is 5.15 Å². The van der Waals surface area contributed by atoms with Gasteiger partial charge in [0.1, 0.15) is 0 Å². The van der Waals surface area contributed by atoms with E-state index in [0.29, 0.717) is 29.9 Å². The second-order valence-electron chi connectivity index (χ2n) is 5.04. The number of aryl methyl sites for hydroxylation is 1. The van der Waals surface area contributed by atoms with Crippen LogP contribution in [-0.4, -0.2) is 58.3 Å². The molecule has 1 atom stereocenters. The lowest BCUT2D eigenvalue weighted by Gasteiger charge is -2.32. The summed E-state index contributed by atoms with van der Waals surface area (Å²) in [5.41, 5.74) is 0.647. The number of carbonyl (C=O) groups is 1.